The zero-order chi connectivity index (χ0) is 14.5. The predicted molar refractivity (Wildman–Crippen MR) is 79.4 cm³/mol. The number of amides is 1. The molecule has 0 radical (unpaired) electrons. The lowest BCUT2D eigenvalue weighted by molar-refractivity contribution is -0.128. The molecule has 1 amide bonds. The van der Waals surface area contributed by atoms with Crippen molar-refractivity contribution < 1.29 is 9.90 Å². The molecule has 2 N–H and O–H groups in total. The number of nitrogens with one attached hydrogen (secondary N) is 1. The second kappa shape index (κ2) is 6.86. The Morgan fingerprint density at radius 3 is 2.80 bits per heavy atom. The number of carbonyl (C=O) groups is 1. The molecule has 1 heterocycles. The van der Waals surface area contributed by atoms with Crippen molar-refractivity contribution in [3.63, 3.8) is 0 Å². The quantitative estimate of drug-likeness (QED) is 0.830. The van der Waals surface area contributed by atoms with Gasteiger partial charge in [-0.2, -0.15) is 0 Å². The van der Waals surface area contributed by atoms with Gasteiger partial charge in [-0.25, -0.2) is 0 Å². The lowest BCUT2D eigenvalue weighted by atomic mass is 10.0. The molecular weight excluding hydrogens is 252 g/mol. The average molecular weight is 276 g/mol. The molecule has 0 aliphatic carbocycles. The first-order valence-electron chi connectivity index (χ1n) is 7.32. The Kier molecular flexibility index (Phi) is 5.15. The van der Waals surface area contributed by atoms with Crippen LogP contribution in [0.5, 0.6) is 0 Å². The summed E-state index contributed by atoms with van der Waals surface area (Å²) in [6.07, 6.45) is 1.03. The Hall–Kier alpha value is -1.39. The first kappa shape index (κ1) is 15.0. The zero-order valence-corrected chi connectivity index (χ0v) is 12.3. The fraction of sp³-hybridized carbons (Fsp3) is 0.562. The van der Waals surface area contributed by atoms with Gasteiger partial charge in [-0.3, -0.25) is 4.79 Å². The molecule has 0 aromatic heterocycles. The van der Waals surface area contributed by atoms with Crippen molar-refractivity contribution in [1.29, 1.82) is 0 Å². The van der Waals surface area contributed by atoms with E-state index in [1.54, 1.807) is 4.90 Å². The molecule has 1 aromatic rings. The standard InChI is InChI=1S/C16H24N2O2/c1-12-6-3-4-7-15(12)13(2)17-10-14(19)11-18-9-5-8-16(18)20/h3-4,6-7,13-14,17,19H,5,8-11H2,1-2H3/t13-,14+/m0/s1. The molecule has 4 heteroatoms. The van der Waals surface area contributed by atoms with E-state index in [-0.39, 0.29) is 11.9 Å². The van der Waals surface area contributed by atoms with E-state index >= 15 is 0 Å². The molecule has 1 aliphatic heterocycles. The average Bonchev–Trinajstić information content (AvgIpc) is 2.82. The van der Waals surface area contributed by atoms with E-state index in [1.165, 1.54) is 11.1 Å². The molecule has 4 nitrogen and oxygen atoms in total. The summed E-state index contributed by atoms with van der Waals surface area (Å²) in [5.41, 5.74) is 2.49. The van der Waals surface area contributed by atoms with Gasteiger partial charge in [-0.05, 0) is 31.4 Å². The summed E-state index contributed by atoms with van der Waals surface area (Å²) in [4.78, 5) is 13.3. The van der Waals surface area contributed by atoms with Gasteiger partial charge in [0.15, 0.2) is 0 Å². The monoisotopic (exact) mass is 276 g/mol. The highest BCUT2D eigenvalue weighted by molar-refractivity contribution is 5.78. The van der Waals surface area contributed by atoms with E-state index in [0.29, 0.717) is 19.5 Å². The lowest BCUT2D eigenvalue weighted by Gasteiger charge is -2.22. The molecule has 1 saturated heterocycles. The highest BCUT2D eigenvalue weighted by Crippen LogP contribution is 2.16. The first-order valence-corrected chi connectivity index (χ1v) is 7.32. The highest BCUT2D eigenvalue weighted by Gasteiger charge is 2.22. The van der Waals surface area contributed by atoms with Crippen LogP contribution in [0.4, 0.5) is 0 Å². The minimum absolute atomic E-state index is 0.163. The molecule has 20 heavy (non-hydrogen) atoms. The number of β-amino-alcohol motifs (C(OH)–C–C–N with tert-alkyl or cyclic N) is 1. The van der Waals surface area contributed by atoms with Gasteiger partial charge in [-0.1, -0.05) is 24.3 Å². The number of hydrogen-bond donors (Lipinski definition) is 2. The fourth-order valence-corrected chi connectivity index (χ4v) is 2.71. The number of carbonyl (C=O) groups excluding carboxylic acids is 1. The molecular formula is C16H24N2O2. The first-order chi connectivity index (χ1) is 9.58. The second-order valence-corrected chi connectivity index (χ2v) is 5.58. The van der Waals surface area contributed by atoms with Crippen molar-refractivity contribution in [1.82, 2.24) is 10.2 Å². The van der Waals surface area contributed by atoms with Crippen LogP contribution in [0.3, 0.4) is 0 Å². The van der Waals surface area contributed by atoms with E-state index in [2.05, 4.69) is 31.3 Å². The third-order valence-electron chi connectivity index (χ3n) is 3.92. The summed E-state index contributed by atoms with van der Waals surface area (Å²) in [5.74, 6) is 0.163. The normalized spacial score (nSPS) is 18.4. The molecule has 110 valence electrons. The smallest absolute Gasteiger partial charge is 0.222 e. The predicted octanol–water partition coefficient (Wildman–Crippen LogP) is 1.63. The van der Waals surface area contributed by atoms with Gasteiger partial charge in [0.05, 0.1) is 6.10 Å². The van der Waals surface area contributed by atoms with Crippen LogP contribution in [0, 0.1) is 6.92 Å². The number of aliphatic hydroxyl groups excluding tert-OH is 1. The third kappa shape index (κ3) is 3.81. The summed E-state index contributed by atoms with van der Waals surface area (Å²) < 4.78 is 0. The van der Waals surface area contributed by atoms with Crippen molar-refractivity contribution in [3.8, 4) is 0 Å². The van der Waals surface area contributed by atoms with Gasteiger partial charge in [0.1, 0.15) is 0 Å². The van der Waals surface area contributed by atoms with E-state index in [4.69, 9.17) is 0 Å². The van der Waals surface area contributed by atoms with Crippen molar-refractivity contribution in [2.75, 3.05) is 19.6 Å². The highest BCUT2D eigenvalue weighted by atomic mass is 16.3. The van der Waals surface area contributed by atoms with Crippen LogP contribution in [0.1, 0.15) is 36.9 Å². The van der Waals surface area contributed by atoms with Crippen molar-refractivity contribution in [2.24, 2.45) is 0 Å². The van der Waals surface area contributed by atoms with Crippen molar-refractivity contribution in [2.45, 2.75) is 38.8 Å². The van der Waals surface area contributed by atoms with E-state index in [9.17, 15) is 9.90 Å². The van der Waals surface area contributed by atoms with E-state index in [0.717, 1.165) is 13.0 Å². The maximum absolute atomic E-state index is 11.5. The topological polar surface area (TPSA) is 52.6 Å². The Balaban J connectivity index is 1.79. The van der Waals surface area contributed by atoms with Crippen LogP contribution in [0.25, 0.3) is 0 Å². The molecule has 0 spiro atoms. The molecule has 1 aromatic carbocycles. The Morgan fingerprint density at radius 2 is 2.15 bits per heavy atom. The van der Waals surface area contributed by atoms with E-state index < -0.39 is 6.10 Å². The summed E-state index contributed by atoms with van der Waals surface area (Å²) in [6, 6.07) is 8.44. The Bertz CT molecular complexity index is 462. The van der Waals surface area contributed by atoms with Gasteiger partial charge in [0, 0.05) is 32.1 Å². The Labute approximate surface area is 120 Å². The summed E-state index contributed by atoms with van der Waals surface area (Å²) in [6.45, 7) is 5.90. The molecule has 1 aliphatic rings. The summed E-state index contributed by atoms with van der Waals surface area (Å²) >= 11 is 0. The van der Waals surface area contributed by atoms with Gasteiger partial charge >= 0.3 is 0 Å². The summed E-state index contributed by atoms with van der Waals surface area (Å²) in [7, 11) is 0. The van der Waals surface area contributed by atoms with Gasteiger partial charge in [0.2, 0.25) is 5.91 Å². The van der Waals surface area contributed by atoms with Crippen LogP contribution in [-0.2, 0) is 4.79 Å². The van der Waals surface area contributed by atoms with Gasteiger partial charge in [0.25, 0.3) is 0 Å². The van der Waals surface area contributed by atoms with Crippen LogP contribution < -0.4 is 5.32 Å². The number of benzene rings is 1. The zero-order valence-electron chi connectivity index (χ0n) is 12.3. The molecule has 0 saturated carbocycles. The maximum Gasteiger partial charge on any atom is 0.222 e. The van der Waals surface area contributed by atoms with Crippen LogP contribution in [-0.4, -0.2) is 41.7 Å². The molecule has 2 rings (SSSR count). The molecule has 1 fully saturated rings. The largest absolute Gasteiger partial charge is 0.390 e. The van der Waals surface area contributed by atoms with Crippen LogP contribution in [0.15, 0.2) is 24.3 Å². The number of nitrogens with zero attached hydrogens (tertiary/aromatic N) is 1. The van der Waals surface area contributed by atoms with Crippen LogP contribution >= 0.6 is 0 Å². The minimum Gasteiger partial charge on any atom is -0.390 e. The minimum atomic E-state index is -0.511. The maximum atomic E-state index is 11.5. The number of aliphatic hydroxyl groups is 1. The van der Waals surface area contributed by atoms with Crippen LogP contribution in [0.2, 0.25) is 0 Å². The van der Waals surface area contributed by atoms with E-state index in [1.807, 2.05) is 12.1 Å². The lowest BCUT2D eigenvalue weighted by Crippen LogP contribution is -2.39. The van der Waals surface area contributed by atoms with Crippen molar-refractivity contribution >= 4 is 5.91 Å². The number of hydrogen-bond acceptors (Lipinski definition) is 3. The van der Waals surface area contributed by atoms with Gasteiger partial charge in [-0.15, -0.1) is 0 Å². The molecule has 0 unspecified atom stereocenters. The second-order valence-electron chi connectivity index (χ2n) is 5.58. The third-order valence-corrected chi connectivity index (χ3v) is 3.92. The molecule has 0 bridgehead atoms. The SMILES string of the molecule is Cc1ccccc1[C@H](C)NC[C@@H](O)CN1CCCC1=O. The van der Waals surface area contributed by atoms with Crippen molar-refractivity contribution in [3.05, 3.63) is 35.4 Å². The molecule has 2 atom stereocenters. The number of aryl methyl sites for hydroxylation is 1. The fourth-order valence-electron chi connectivity index (χ4n) is 2.71. The number of rotatable bonds is 6. The number of likely N-dealkylation sites (tertiary alicyclic amines) is 1. The Morgan fingerprint density at radius 1 is 1.40 bits per heavy atom. The summed E-state index contributed by atoms with van der Waals surface area (Å²) in [5, 5.41) is 13.4. The van der Waals surface area contributed by atoms with Gasteiger partial charge < -0.3 is 15.3 Å².